The van der Waals surface area contributed by atoms with Crippen molar-refractivity contribution in [3.05, 3.63) is 29.8 Å². The molecular weight excluding hydrogens is 256 g/mol. The van der Waals surface area contributed by atoms with Crippen LogP contribution in [0, 0.1) is 0 Å². The number of hydrogen-bond acceptors (Lipinski definition) is 4. The van der Waals surface area contributed by atoms with Crippen LogP contribution in [0.2, 0.25) is 0 Å². The lowest BCUT2D eigenvalue weighted by molar-refractivity contribution is -0.146. The van der Waals surface area contributed by atoms with Gasteiger partial charge in [-0.2, -0.15) is 0 Å². The molecule has 1 aromatic rings. The van der Waals surface area contributed by atoms with Crippen LogP contribution in [0.4, 0.5) is 5.69 Å². The lowest BCUT2D eigenvalue weighted by Gasteiger charge is -2.39. The molecule has 0 radical (unpaired) electrons. The molecule has 1 amide bonds. The van der Waals surface area contributed by atoms with Crippen LogP contribution in [0.25, 0.3) is 0 Å². The zero-order valence-electron chi connectivity index (χ0n) is 12.0. The molecule has 5 heteroatoms. The smallest absolute Gasteiger partial charge is 0.233 e. The summed E-state index contributed by atoms with van der Waals surface area (Å²) in [5.41, 5.74) is 6.63. The molecule has 1 fully saturated rings. The van der Waals surface area contributed by atoms with Crippen molar-refractivity contribution in [1.29, 1.82) is 0 Å². The number of carbonyl (C=O) groups excluding carboxylic acids is 1. The minimum Gasteiger partial charge on any atom is -0.399 e. The summed E-state index contributed by atoms with van der Waals surface area (Å²) >= 11 is 0. The zero-order valence-corrected chi connectivity index (χ0v) is 12.0. The highest BCUT2D eigenvalue weighted by Crippen LogP contribution is 2.28. The Labute approximate surface area is 119 Å². The lowest BCUT2D eigenvalue weighted by Crippen LogP contribution is -2.55. The van der Waals surface area contributed by atoms with Crippen LogP contribution >= 0.6 is 0 Å². The van der Waals surface area contributed by atoms with Crippen molar-refractivity contribution in [3.8, 4) is 0 Å². The summed E-state index contributed by atoms with van der Waals surface area (Å²) in [7, 11) is 0. The first-order chi connectivity index (χ1) is 9.46. The van der Waals surface area contributed by atoms with Gasteiger partial charge in [0.15, 0.2) is 0 Å². The van der Waals surface area contributed by atoms with Gasteiger partial charge in [-0.15, -0.1) is 0 Å². The highest BCUT2D eigenvalue weighted by molar-refractivity contribution is 5.87. The van der Waals surface area contributed by atoms with E-state index >= 15 is 0 Å². The van der Waals surface area contributed by atoms with Gasteiger partial charge in [-0.1, -0.05) is 12.1 Å². The first-order valence-electron chi connectivity index (χ1n) is 6.82. The summed E-state index contributed by atoms with van der Waals surface area (Å²) in [4.78, 5) is 14.5. The van der Waals surface area contributed by atoms with Crippen molar-refractivity contribution < 1.29 is 14.6 Å². The van der Waals surface area contributed by atoms with Crippen LogP contribution in [-0.4, -0.2) is 48.3 Å². The second-order valence-corrected chi connectivity index (χ2v) is 5.66. The van der Waals surface area contributed by atoms with E-state index in [0.717, 1.165) is 5.56 Å². The largest absolute Gasteiger partial charge is 0.399 e. The molecule has 2 rings (SSSR count). The molecule has 5 nitrogen and oxygen atoms in total. The number of nitrogens with two attached hydrogens (primary N) is 1. The highest BCUT2D eigenvalue weighted by atomic mass is 16.5. The Balaban J connectivity index is 2.23. The minimum atomic E-state index is -0.654. The van der Waals surface area contributed by atoms with Gasteiger partial charge in [-0.05, 0) is 31.5 Å². The Hall–Kier alpha value is -1.59. The Kier molecular flexibility index (Phi) is 4.30. The summed E-state index contributed by atoms with van der Waals surface area (Å²) in [6.07, 6.45) is 0. The molecule has 1 saturated heterocycles. The van der Waals surface area contributed by atoms with Crippen LogP contribution in [-0.2, 0) is 14.9 Å². The lowest BCUT2D eigenvalue weighted by atomic mass is 9.82. The van der Waals surface area contributed by atoms with E-state index in [4.69, 9.17) is 10.5 Å². The Morgan fingerprint density at radius 2 is 2.10 bits per heavy atom. The number of nitrogen functional groups attached to an aromatic ring is 1. The monoisotopic (exact) mass is 278 g/mol. The van der Waals surface area contributed by atoms with Gasteiger partial charge in [-0.3, -0.25) is 4.79 Å². The van der Waals surface area contributed by atoms with E-state index in [1.165, 1.54) is 0 Å². The van der Waals surface area contributed by atoms with E-state index < -0.39 is 5.41 Å². The van der Waals surface area contributed by atoms with Gasteiger partial charge in [-0.25, -0.2) is 0 Å². The van der Waals surface area contributed by atoms with Crippen molar-refractivity contribution in [2.75, 3.05) is 32.1 Å². The van der Waals surface area contributed by atoms with Crippen molar-refractivity contribution in [2.45, 2.75) is 25.3 Å². The van der Waals surface area contributed by atoms with E-state index in [0.29, 0.717) is 25.4 Å². The van der Waals surface area contributed by atoms with Gasteiger partial charge in [0, 0.05) is 12.2 Å². The molecule has 1 atom stereocenters. The molecule has 1 unspecified atom stereocenters. The summed E-state index contributed by atoms with van der Waals surface area (Å²) in [6.45, 7) is 5.13. The number of nitrogens with zero attached hydrogens (tertiary/aromatic N) is 1. The SMILES string of the molecule is CC(C)(C(=O)N1CCOCC1CO)c1ccc(N)cc1. The van der Waals surface area contributed by atoms with E-state index in [1.807, 2.05) is 26.0 Å². The summed E-state index contributed by atoms with van der Waals surface area (Å²) in [5, 5.41) is 9.39. The van der Waals surface area contributed by atoms with Crippen LogP contribution < -0.4 is 5.73 Å². The first kappa shape index (κ1) is 14.8. The average Bonchev–Trinajstić information content (AvgIpc) is 2.46. The molecule has 0 saturated carbocycles. The quantitative estimate of drug-likeness (QED) is 0.801. The molecule has 0 aromatic heterocycles. The van der Waals surface area contributed by atoms with Gasteiger partial charge < -0.3 is 20.5 Å². The third-order valence-corrected chi connectivity index (χ3v) is 3.87. The fourth-order valence-corrected chi connectivity index (χ4v) is 2.46. The van der Waals surface area contributed by atoms with E-state index in [1.54, 1.807) is 17.0 Å². The molecule has 1 aromatic carbocycles. The number of amides is 1. The van der Waals surface area contributed by atoms with Gasteiger partial charge in [0.2, 0.25) is 5.91 Å². The van der Waals surface area contributed by atoms with Crippen LogP contribution in [0.15, 0.2) is 24.3 Å². The van der Waals surface area contributed by atoms with Crippen molar-refractivity contribution in [3.63, 3.8) is 0 Å². The molecule has 1 aliphatic heterocycles. The number of rotatable bonds is 3. The van der Waals surface area contributed by atoms with E-state index in [9.17, 15) is 9.90 Å². The third-order valence-electron chi connectivity index (χ3n) is 3.87. The Morgan fingerprint density at radius 3 is 2.70 bits per heavy atom. The van der Waals surface area contributed by atoms with Crippen LogP contribution in [0.3, 0.4) is 0 Å². The second-order valence-electron chi connectivity index (χ2n) is 5.66. The predicted octanol–water partition coefficient (Wildman–Crippen LogP) is 0.766. The van der Waals surface area contributed by atoms with Crippen LogP contribution in [0.5, 0.6) is 0 Å². The number of morpholine rings is 1. The number of carbonyl (C=O) groups is 1. The van der Waals surface area contributed by atoms with Gasteiger partial charge in [0.25, 0.3) is 0 Å². The molecule has 0 spiro atoms. The van der Waals surface area contributed by atoms with Crippen molar-refractivity contribution in [2.24, 2.45) is 0 Å². The number of anilines is 1. The highest BCUT2D eigenvalue weighted by Gasteiger charge is 2.37. The van der Waals surface area contributed by atoms with Gasteiger partial charge >= 0.3 is 0 Å². The third kappa shape index (κ3) is 2.78. The maximum absolute atomic E-state index is 12.8. The molecule has 1 aliphatic rings. The second kappa shape index (κ2) is 5.81. The Morgan fingerprint density at radius 1 is 1.45 bits per heavy atom. The topological polar surface area (TPSA) is 75.8 Å². The van der Waals surface area contributed by atoms with Crippen LogP contribution in [0.1, 0.15) is 19.4 Å². The molecule has 110 valence electrons. The minimum absolute atomic E-state index is 0.00428. The maximum Gasteiger partial charge on any atom is 0.233 e. The van der Waals surface area contributed by atoms with Crippen molar-refractivity contribution >= 4 is 11.6 Å². The maximum atomic E-state index is 12.8. The molecule has 1 heterocycles. The van der Waals surface area contributed by atoms with Gasteiger partial charge in [0.1, 0.15) is 0 Å². The summed E-state index contributed by atoms with van der Waals surface area (Å²) in [6, 6.07) is 7.09. The predicted molar refractivity (Wildman–Crippen MR) is 77.3 cm³/mol. The molecule has 0 bridgehead atoms. The fraction of sp³-hybridized carbons (Fsp3) is 0.533. The van der Waals surface area contributed by atoms with E-state index in [-0.39, 0.29) is 18.6 Å². The normalized spacial score (nSPS) is 19.9. The van der Waals surface area contributed by atoms with Gasteiger partial charge in [0.05, 0.1) is 31.3 Å². The fourth-order valence-electron chi connectivity index (χ4n) is 2.46. The zero-order chi connectivity index (χ0) is 14.8. The Bertz CT molecular complexity index is 471. The molecule has 3 N–H and O–H groups in total. The van der Waals surface area contributed by atoms with Crippen molar-refractivity contribution in [1.82, 2.24) is 4.90 Å². The summed E-state index contributed by atoms with van der Waals surface area (Å²) < 4.78 is 5.32. The first-order valence-corrected chi connectivity index (χ1v) is 6.82. The number of aliphatic hydroxyl groups is 1. The molecular formula is C15H22N2O3. The summed E-state index contributed by atoms with van der Waals surface area (Å²) in [5.74, 6) is 0.00428. The van der Waals surface area contributed by atoms with E-state index in [2.05, 4.69) is 0 Å². The number of hydrogen-bond donors (Lipinski definition) is 2. The average molecular weight is 278 g/mol. The number of benzene rings is 1. The standard InChI is InChI=1S/C15H22N2O3/c1-15(2,11-3-5-12(16)6-4-11)14(19)17-7-8-20-10-13(17)9-18/h3-6,13,18H,7-10,16H2,1-2H3. The molecule has 20 heavy (non-hydrogen) atoms. The number of aliphatic hydroxyl groups excluding tert-OH is 1. The molecule has 0 aliphatic carbocycles. The number of ether oxygens (including phenoxy) is 1.